The van der Waals surface area contributed by atoms with Gasteiger partial charge >= 0.3 is 5.97 Å². The highest BCUT2D eigenvalue weighted by molar-refractivity contribution is 5.96. The maximum absolute atomic E-state index is 12.3. The number of hydrogen-bond donors (Lipinski definition) is 1. The number of carbonyl (C=O) groups excluding carboxylic acids is 2. The minimum absolute atomic E-state index is 0.131. The Balaban J connectivity index is 1.60. The van der Waals surface area contributed by atoms with E-state index in [1.54, 1.807) is 13.0 Å². The second kappa shape index (κ2) is 8.86. The molecule has 3 rings (SSSR count). The third-order valence-electron chi connectivity index (χ3n) is 5.24. The number of ether oxygens (including phenoxy) is 1. The highest BCUT2D eigenvalue weighted by atomic mass is 16.6. The lowest BCUT2D eigenvalue weighted by Gasteiger charge is -2.20. The third-order valence-corrected chi connectivity index (χ3v) is 5.24. The number of fused-ring (bicyclic) bond motifs is 1. The number of nitrogens with zero attached hydrogens (tertiary/aromatic N) is 1. The van der Waals surface area contributed by atoms with Crippen molar-refractivity contribution in [3.05, 3.63) is 74.3 Å². The Bertz CT molecular complexity index is 954. The van der Waals surface area contributed by atoms with Crippen LogP contribution >= 0.6 is 0 Å². The van der Waals surface area contributed by atoms with Crippen LogP contribution in [0.25, 0.3) is 0 Å². The molecule has 1 atom stereocenters. The number of rotatable bonds is 6. The molecule has 1 unspecified atom stereocenters. The molecule has 0 fully saturated rings. The molecule has 0 spiro atoms. The SMILES string of the molecule is Cc1cccc([N+](=O)[O-])c1C(=O)OCC(=O)NC(C)c1ccc2c(c1)CCCC2. The quantitative estimate of drug-likeness (QED) is 0.455. The molecule has 2 aromatic carbocycles. The predicted molar refractivity (Wildman–Crippen MR) is 108 cm³/mol. The van der Waals surface area contributed by atoms with Crippen molar-refractivity contribution >= 4 is 17.6 Å². The number of benzene rings is 2. The average molecular weight is 396 g/mol. The van der Waals surface area contributed by atoms with E-state index in [1.165, 1.54) is 36.1 Å². The molecule has 0 bridgehead atoms. The first-order chi connectivity index (χ1) is 13.9. The van der Waals surface area contributed by atoms with Crippen molar-refractivity contribution < 1.29 is 19.2 Å². The van der Waals surface area contributed by atoms with E-state index in [4.69, 9.17) is 4.74 Å². The molecule has 29 heavy (non-hydrogen) atoms. The van der Waals surface area contributed by atoms with Crippen LogP contribution in [0.4, 0.5) is 5.69 Å². The van der Waals surface area contributed by atoms with Gasteiger partial charge in [-0.25, -0.2) is 4.79 Å². The molecule has 1 aliphatic carbocycles. The van der Waals surface area contributed by atoms with Gasteiger partial charge in [0.1, 0.15) is 5.56 Å². The average Bonchev–Trinajstić information content (AvgIpc) is 2.71. The van der Waals surface area contributed by atoms with E-state index in [2.05, 4.69) is 17.4 Å². The molecule has 0 aliphatic heterocycles. The van der Waals surface area contributed by atoms with Gasteiger partial charge in [-0.2, -0.15) is 0 Å². The molecule has 7 nitrogen and oxygen atoms in total. The summed E-state index contributed by atoms with van der Waals surface area (Å²) in [6, 6.07) is 10.3. The Hall–Kier alpha value is -3.22. The van der Waals surface area contributed by atoms with Crippen molar-refractivity contribution in [3.63, 3.8) is 0 Å². The summed E-state index contributed by atoms with van der Waals surface area (Å²) >= 11 is 0. The van der Waals surface area contributed by atoms with Gasteiger partial charge in [-0.3, -0.25) is 14.9 Å². The summed E-state index contributed by atoms with van der Waals surface area (Å²) in [7, 11) is 0. The number of aryl methyl sites for hydroxylation is 3. The van der Waals surface area contributed by atoms with E-state index in [1.807, 2.05) is 13.0 Å². The molecule has 7 heteroatoms. The van der Waals surface area contributed by atoms with Gasteiger partial charge in [0.2, 0.25) is 0 Å². The van der Waals surface area contributed by atoms with E-state index in [0.717, 1.165) is 18.4 Å². The van der Waals surface area contributed by atoms with Gasteiger partial charge in [-0.05, 0) is 61.8 Å². The molecule has 1 aliphatic rings. The number of nitro benzene ring substituents is 1. The first-order valence-corrected chi connectivity index (χ1v) is 9.69. The molecule has 1 amide bonds. The van der Waals surface area contributed by atoms with Crippen LogP contribution in [0.5, 0.6) is 0 Å². The van der Waals surface area contributed by atoms with Gasteiger partial charge in [0.05, 0.1) is 11.0 Å². The smallest absolute Gasteiger partial charge is 0.345 e. The zero-order valence-electron chi connectivity index (χ0n) is 16.6. The standard InChI is InChI=1S/C22H24N2O5/c1-14-6-5-9-19(24(27)28)21(14)22(26)29-13-20(25)23-15(2)17-11-10-16-7-3-4-8-18(16)12-17/h5-6,9-12,15H,3-4,7-8,13H2,1-2H3,(H,23,25). The normalized spacial score (nSPS) is 13.9. The van der Waals surface area contributed by atoms with E-state index in [0.29, 0.717) is 5.56 Å². The fourth-order valence-electron chi connectivity index (χ4n) is 3.66. The number of nitrogens with one attached hydrogen (secondary N) is 1. The Kier molecular flexibility index (Phi) is 6.26. The van der Waals surface area contributed by atoms with Crippen molar-refractivity contribution in [2.75, 3.05) is 6.61 Å². The summed E-state index contributed by atoms with van der Waals surface area (Å²) in [5, 5.41) is 14.0. The van der Waals surface area contributed by atoms with Crippen molar-refractivity contribution in [1.82, 2.24) is 5.32 Å². The Morgan fingerprint density at radius 1 is 1.17 bits per heavy atom. The van der Waals surface area contributed by atoms with Crippen LogP contribution in [0.3, 0.4) is 0 Å². The lowest BCUT2D eigenvalue weighted by atomic mass is 9.89. The van der Waals surface area contributed by atoms with E-state index in [-0.39, 0.29) is 17.3 Å². The van der Waals surface area contributed by atoms with Crippen LogP contribution in [0.1, 0.15) is 58.4 Å². The Labute approximate surface area is 169 Å². The molecule has 0 saturated carbocycles. The minimum Gasteiger partial charge on any atom is -0.452 e. The molecule has 1 N–H and O–H groups in total. The highest BCUT2D eigenvalue weighted by Gasteiger charge is 2.24. The number of hydrogen-bond acceptors (Lipinski definition) is 5. The van der Waals surface area contributed by atoms with E-state index >= 15 is 0 Å². The second-order valence-corrected chi connectivity index (χ2v) is 7.33. The largest absolute Gasteiger partial charge is 0.452 e. The number of nitro groups is 1. The second-order valence-electron chi connectivity index (χ2n) is 7.33. The van der Waals surface area contributed by atoms with Gasteiger partial charge in [-0.1, -0.05) is 30.3 Å². The molecular formula is C22H24N2O5. The number of esters is 1. The predicted octanol–water partition coefficient (Wildman–Crippen LogP) is 3.82. The molecule has 0 radical (unpaired) electrons. The molecule has 152 valence electrons. The maximum atomic E-state index is 12.3. The summed E-state index contributed by atoms with van der Waals surface area (Å²) in [5.74, 6) is -1.34. The topological polar surface area (TPSA) is 98.5 Å². The van der Waals surface area contributed by atoms with Crippen molar-refractivity contribution in [3.8, 4) is 0 Å². The molecular weight excluding hydrogens is 372 g/mol. The molecule has 0 heterocycles. The van der Waals surface area contributed by atoms with Crippen LogP contribution < -0.4 is 5.32 Å². The van der Waals surface area contributed by atoms with Crippen LogP contribution in [-0.4, -0.2) is 23.4 Å². The van der Waals surface area contributed by atoms with Crippen molar-refractivity contribution in [2.24, 2.45) is 0 Å². The highest BCUT2D eigenvalue weighted by Crippen LogP contribution is 2.25. The molecule has 2 aromatic rings. The van der Waals surface area contributed by atoms with Crippen LogP contribution in [-0.2, 0) is 22.4 Å². The fraction of sp³-hybridized carbons (Fsp3) is 0.364. The van der Waals surface area contributed by atoms with Gasteiger partial charge in [0, 0.05) is 6.07 Å². The maximum Gasteiger partial charge on any atom is 0.345 e. The lowest BCUT2D eigenvalue weighted by molar-refractivity contribution is -0.385. The summed E-state index contributed by atoms with van der Waals surface area (Å²) in [6.45, 7) is 2.96. The van der Waals surface area contributed by atoms with Crippen molar-refractivity contribution in [1.29, 1.82) is 0 Å². The Morgan fingerprint density at radius 2 is 1.90 bits per heavy atom. The van der Waals surface area contributed by atoms with Crippen molar-refractivity contribution in [2.45, 2.75) is 45.6 Å². The number of carbonyl (C=O) groups is 2. The van der Waals surface area contributed by atoms with E-state index < -0.39 is 23.4 Å². The van der Waals surface area contributed by atoms with Gasteiger partial charge < -0.3 is 10.1 Å². The number of amides is 1. The third kappa shape index (κ3) is 4.80. The van der Waals surface area contributed by atoms with E-state index in [9.17, 15) is 19.7 Å². The lowest BCUT2D eigenvalue weighted by Crippen LogP contribution is -2.31. The van der Waals surface area contributed by atoms with Crippen LogP contribution in [0, 0.1) is 17.0 Å². The summed E-state index contributed by atoms with van der Waals surface area (Å²) in [6.07, 6.45) is 4.54. The summed E-state index contributed by atoms with van der Waals surface area (Å²) < 4.78 is 5.03. The first kappa shape index (κ1) is 20.5. The molecule has 0 saturated heterocycles. The van der Waals surface area contributed by atoms with Crippen LogP contribution in [0.15, 0.2) is 36.4 Å². The summed E-state index contributed by atoms with van der Waals surface area (Å²) in [4.78, 5) is 35.0. The van der Waals surface area contributed by atoms with Gasteiger partial charge in [0.25, 0.3) is 11.6 Å². The Morgan fingerprint density at radius 3 is 2.62 bits per heavy atom. The first-order valence-electron chi connectivity index (χ1n) is 9.69. The molecule has 0 aromatic heterocycles. The van der Waals surface area contributed by atoms with Crippen LogP contribution in [0.2, 0.25) is 0 Å². The minimum atomic E-state index is -0.883. The zero-order valence-corrected chi connectivity index (χ0v) is 16.6. The summed E-state index contributed by atoms with van der Waals surface area (Å²) in [5.41, 5.74) is 3.65. The van der Waals surface area contributed by atoms with Gasteiger partial charge in [-0.15, -0.1) is 0 Å². The fourth-order valence-corrected chi connectivity index (χ4v) is 3.66. The monoisotopic (exact) mass is 396 g/mol. The zero-order chi connectivity index (χ0) is 21.0. The van der Waals surface area contributed by atoms with Gasteiger partial charge in [0.15, 0.2) is 6.61 Å².